The minimum atomic E-state index is -0.477. The van der Waals surface area contributed by atoms with Crippen LogP contribution in [0.1, 0.15) is 34.1 Å². The number of nitro benzene ring substituents is 1. The van der Waals surface area contributed by atoms with Gasteiger partial charge in [0.1, 0.15) is 0 Å². The number of nitro groups is 1. The van der Waals surface area contributed by atoms with Crippen molar-refractivity contribution in [2.24, 2.45) is 0 Å². The lowest BCUT2D eigenvalue weighted by atomic mass is 10.0. The van der Waals surface area contributed by atoms with E-state index in [0.717, 1.165) is 22.2 Å². The Labute approximate surface area is 151 Å². The van der Waals surface area contributed by atoms with E-state index in [0.29, 0.717) is 17.7 Å². The standard InChI is InChI=1S/C20H19N3O3/c1-4-15-13(3)21-17-8-6-5-7-16(17)19(15)22-20(24)14-10-9-12(2)18(11-14)23(25)26/h5-11H,4H2,1-3H3,(H,21,22,24). The lowest BCUT2D eigenvalue weighted by Gasteiger charge is -2.15. The van der Waals surface area contributed by atoms with Gasteiger partial charge >= 0.3 is 0 Å². The van der Waals surface area contributed by atoms with Crippen molar-refractivity contribution in [2.75, 3.05) is 5.32 Å². The Kier molecular flexibility index (Phi) is 4.67. The normalized spacial score (nSPS) is 10.7. The zero-order valence-electron chi connectivity index (χ0n) is 14.9. The van der Waals surface area contributed by atoms with Crippen LogP contribution in [0.4, 0.5) is 11.4 Å². The van der Waals surface area contributed by atoms with Gasteiger partial charge in [-0.25, -0.2) is 0 Å². The Morgan fingerprint density at radius 1 is 1.19 bits per heavy atom. The molecule has 6 nitrogen and oxygen atoms in total. The lowest BCUT2D eigenvalue weighted by molar-refractivity contribution is -0.385. The van der Waals surface area contributed by atoms with Gasteiger partial charge in [0.05, 0.1) is 16.1 Å². The zero-order chi connectivity index (χ0) is 18.8. The number of hydrogen-bond acceptors (Lipinski definition) is 4. The molecular weight excluding hydrogens is 330 g/mol. The molecule has 0 aliphatic rings. The van der Waals surface area contributed by atoms with Crippen LogP contribution >= 0.6 is 0 Å². The predicted molar refractivity (Wildman–Crippen MR) is 102 cm³/mol. The predicted octanol–water partition coefficient (Wildman–Crippen LogP) is 4.57. The van der Waals surface area contributed by atoms with Gasteiger partial charge in [-0.2, -0.15) is 0 Å². The number of hydrogen-bond donors (Lipinski definition) is 1. The number of benzene rings is 2. The Balaban J connectivity index is 2.08. The molecule has 0 atom stereocenters. The molecule has 1 amide bonds. The van der Waals surface area contributed by atoms with E-state index in [1.54, 1.807) is 19.1 Å². The first-order valence-corrected chi connectivity index (χ1v) is 8.37. The fourth-order valence-electron chi connectivity index (χ4n) is 3.08. The lowest BCUT2D eigenvalue weighted by Crippen LogP contribution is -2.15. The van der Waals surface area contributed by atoms with E-state index < -0.39 is 4.92 Å². The highest BCUT2D eigenvalue weighted by atomic mass is 16.6. The summed E-state index contributed by atoms with van der Waals surface area (Å²) in [5.74, 6) is -0.376. The molecule has 0 saturated carbocycles. The van der Waals surface area contributed by atoms with Crippen molar-refractivity contribution in [3.05, 3.63) is 75.0 Å². The fraction of sp³-hybridized carbons (Fsp3) is 0.200. The first-order chi connectivity index (χ1) is 12.4. The van der Waals surface area contributed by atoms with E-state index in [1.165, 1.54) is 6.07 Å². The summed E-state index contributed by atoms with van der Waals surface area (Å²) in [6.07, 6.45) is 0.716. The first-order valence-electron chi connectivity index (χ1n) is 8.37. The number of nitrogens with zero attached hydrogens (tertiary/aromatic N) is 2. The average Bonchev–Trinajstić information content (AvgIpc) is 2.61. The maximum absolute atomic E-state index is 12.8. The molecule has 0 aliphatic carbocycles. The number of amides is 1. The van der Waals surface area contributed by atoms with Crippen LogP contribution in [0.25, 0.3) is 10.9 Å². The molecule has 1 N–H and O–H groups in total. The minimum Gasteiger partial charge on any atom is -0.321 e. The van der Waals surface area contributed by atoms with Gasteiger partial charge < -0.3 is 5.32 Å². The van der Waals surface area contributed by atoms with Gasteiger partial charge in [0.25, 0.3) is 11.6 Å². The average molecular weight is 349 g/mol. The van der Waals surface area contributed by atoms with Crippen molar-refractivity contribution >= 4 is 28.2 Å². The molecule has 0 saturated heterocycles. The first kappa shape index (κ1) is 17.5. The van der Waals surface area contributed by atoms with Crippen molar-refractivity contribution < 1.29 is 9.72 Å². The van der Waals surface area contributed by atoms with Crippen LogP contribution < -0.4 is 5.32 Å². The highest BCUT2D eigenvalue weighted by Gasteiger charge is 2.18. The molecule has 0 fully saturated rings. The summed E-state index contributed by atoms with van der Waals surface area (Å²) in [4.78, 5) is 28.0. The Morgan fingerprint density at radius 3 is 2.62 bits per heavy atom. The van der Waals surface area contributed by atoms with Crippen LogP contribution in [0.2, 0.25) is 0 Å². The van der Waals surface area contributed by atoms with Gasteiger partial charge in [-0.3, -0.25) is 19.9 Å². The number of rotatable bonds is 4. The molecule has 1 aromatic heterocycles. The second-order valence-corrected chi connectivity index (χ2v) is 6.13. The smallest absolute Gasteiger partial charge is 0.273 e. The third-order valence-electron chi connectivity index (χ3n) is 4.46. The monoisotopic (exact) mass is 349 g/mol. The summed E-state index contributed by atoms with van der Waals surface area (Å²) >= 11 is 0. The van der Waals surface area contributed by atoms with Crippen LogP contribution in [-0.4, -0.2) is 15.8 Å². The summed E-state index contributed by atoms with van der Waals surface area (Å²) in [6, 6.07) is 12.1. The van der Waals surface area contributed by atoms with Crippen molar-refractivity contribution in [1.29, 1.82) is 0 Å². The molecule has 0 spiro atoms. The number of pyridine rings is 1. The second-order valence-electron chi connectivity index (χ2n) is 6.13. The zero-order valence-corrected chi connectivity index (χ0v) is 14.9. The van der Waals surface area contributed by atoms with Gasteiger partial charge in [0.15, 0.2) is 0 Å². The van der Waals surface area contributed by atoms with Crippen LogP contribution in [0.5, 0.6) is 0 Å². The highest BCUT2D eigenvalue weighted by Crippen LogP contribution is 2.29. The van der Waals surface area contributed by atoms with Crippen molar-refractivity contribution in [2.45, 2.75) is 27.2 Å². The number of para-hydroxylation sites is 1. The van der Waals surface area contributed by atoms with E-state index in [4.69, 9.17) is 0 Å². The molecule has 0 bridgehead atoms. The summed E-state index contributed by atoms with van der Waals surface area (Å²) < 4.78 is 0. The number of anilines is 1. The number of aryl methyl sites for hydroxylation is 2. The Bertz CT molecular complexity index is 1030. The molecular formula is C20H19N3O3. The van der Waals surface area contributed by atoms with Crippen LogP contribution in [0.15, 0.2) is 42.5 Å². The van der Waals surface area contributed by atoms with Crippen molar-refractivity contribution in [3.63, 3.8) is 0 Å². The molecule has 0 radical (unpaired) electrons. The molecule has 0 aliphatic heterocycles. The van der Waals surface area contributed by atoms with E-state index in [-0.39, 0.29) is 17.2 Å². The molecule has 0 unspecified atom stereocenters. The number of carbonyl (C=O) groups excluding carboxylic acids is 1. The van der Waals surface area contributed by atoms with Gasteiger partial charge in [0.2, 0.25) is 0 Å². The van der Waals surface area contributed by atoms with Gasteiger partial charge in [0, 0.05) is 28.3 Å². The number of nitrogens with one attached hydrogen (secondary N) is 1. The number of carbonyl (C=O) groups is 1. The SMILES string of the molecule is CCc1c(C)nc2ccccc2c1NC(=O)c1ccc(C)c([N+](=O)[O-])c1. The Morgan fingerprint density at radius 2 is 1.92 bits per heavy atom. The van der Waals surface area contributed by atoms with Crippen LogP contribution in [0, 0.1) is 24.0 Å². The largest absolute Gasteiger partial charge is 0.321 e. The molecule has 1 heterocycles. The van der Waals surface area contributed by atoms with E-state index >= 15 is 0 Å². The van der Waals surface area contributed by atoms with Gasteiger partial charge in [-0.05, 0) is 38.0 Å². The summed E-state index contributed by atoms with van der Waals surface area (Å²) in [6.45, 7) is 5.57. The molecule has 3 rings (SSSR count). The van der Waals surface area contributed by atoms with Gasteiger partial charge in [-0.1, -0.05) is 31.2 Å². The van der Waals surface area contributed by atoms with Crippen LogP contribution in [0.3, 0.4) is 0 Å². The van der Waals surface area contributed by atoms with Gasteiger partial charge in [-0.15, -0.1) is 0 Å². The molecule has 2 aromatic carbocycles. The molecule has 6 heteroatoms. The molecule has 3 aromatic rings. The minimum absolute atomic E-state index is 0.0656. The molecule has 26 heavy (non-hydrogen) atoms. The van der Waals surface area contributed by atoms with Crippen LogP contribution in [-0.2, 0) is 6.42 Å². The van der Waals surface area contributed by atoms with Crippen molar-refractivity contribution in [3.8, 4) is 0 Å². The molecule has 132 valence electrons. The Hall–Kier alpha value is -3.28. The van der Waals surface area contributed by atoms with E-state index in [1.807, 2.05) is 38.1 Å². The van der Waals surface area contributed by atoms with Crippen molar-refractivity contribution in [1.82, 2.24) is 4.98 Å². The third kappa shape index (κ3) is 3.13. The quantitative estimate of drug-likeness (QED) is 0.552. The topological polar surface area (TPSA) is 85.1 Å². The number of aromatic nitrogens is 1. The maximum Gasteiger partial charge on any atom is 0.273 e. The van der Waals surface area contributed by atoms with E-state index in [9.17, 15) is 14.9 Å². The summed E-state index contributed by atoms with van der Waals surface area (Å²) in [7, 11) is 0. The number of fused-ring (bicyclic) bond motifs is 1. The maximum atomic E-state index is 12.8. The highest BCUT2D eigenvalue weighted by molar-refractivity contribution is 6.09. The summed E-state index contributed by atoms with van der Waals surface area (Å²) in [5.41, 5.74) is 4.03. The third-order valence-corrected chi connectivity index (χ3v) is 4.46. The van der Waals surface area contributed by atoms with E-state index in [2.05, 4.69) is 10.3 Å². The summed E-state index contributed by atoms with van der Waals surface area (Å²) in [5, 5.41) is 14.9. The second kappa shape index (κ2) is 6.92. The fourth-order valence-corrected chi connectivity index (χ4v) is 3.08.